The van der Waals surface area contributed by atoms with Crippen LogP contribution >= 0.6 is 21.6 Å². The standard InChI is InChI=1S/C16H21NO2S2/c18-15(13-6-2-1-3-7-13)12-17-16(19)9-5-4-8-14-10-11-20-21-14/h1-3,6-7,14H,4-5,8-12H2,(H,17,19)/t14-/m1/s1. The van der Waals surface area contributed by atoms with Gasteiger partial charge in [0, 0.05) is 23.0 Å². The third-order valence-electron chi connectivity index (χ3n) is 3.45. The lowest BCUT2D eigenvalue weighted by molar-refractivity contribution is -0.121. The Morgan fingerprint density at radius 1 is 1.19 bits per heavy atom. The second-order valence-corrected chi connectivity index (χ2v) is 7.93. The topological polar surface area (TPSA) is 46.2 Å². The molecular formula is C16H21NO2S2. The van der Waals surface area contributed by atoms with E-state index < -0.39 is 0 Å². The molecule has 1 heterocycles. The first kappa shape index (κ1) is 16.4. The normalized spacial score (nSPS) is 17.6. The van der Waals surface area contributed by atoms with Gasteiger partial charge in [0.25, 0.3) is 0 Å². The zero-order chi connectivity index (χ0) is 14.9. The summed E-state index contributed by atoms with van der Waals surface area (Å²) < 4.78 is 0. The first-order valence-corrected chi connectivity index (χ1v) is 9.77. The van der Waals surface area contributed by atoms with E-state index in [-0.39, 0.29) is 18.2 Å². The fourth-order valence-electron chi connectivity index (χ4n) is 2.22. The molecule has 1 N–H and O–H groups in total. The number of unbranched alkanes of at least 4 members (excludes halogenated alkanes) is 1. The van der Waals surface area contributed by atoms with Crippen molar-refractivity contribution in [1.82, 2.24) is 5.32 Å². The van der Waals surface area contributed by atoms with E-state index >= 15 is 0 Å². The number of hydrogen-bond acceptors (Lipinski definition) is 4. The van der Waals surface area contributed by atoms with Crippen LogP contribution in [0.25, 0.3) is 0 Å². The van der Waals surface area contributed by atoms with E-state index in [0.29, 0.717) is 12.0 Å². The molecule has 0 aliphatic carbocycles. The second-order valence-electron chi connectivity index (χ2n) is 5.14. The van der Waals surface area contributed by atoms with Crippen LogP contribution in [0.4, 0.5) is 0 Å². The number of carbonyl (C=O) groups excluding carboxylic acids is 2. The molecule has 1 saturated heterocycles. The van der Waals surface area contributed by atoms with Crippen molar-refractivity contribution in [1.29, 1.82) is 0 Å². The van der Waals surface area contributed by atoms with Crippen LogP contribution in [-0.2, 0) is 4.79 Å². The van der Waals surface area contributed by atoms with Gasteiger partial charge in [0.15, 0.2) is 5.78 Å². The summed E-state index contributed by atoms with van der Waals surface area (Å²) in [5.41, 5.74) is 0.647. The maximum Gasteiger partial charge on any atom is 0.220 e. The maximum atomic E-state index is 11.8. The van der Waals surface area contributed by atoms with Gasteiger partial charge in [0.05, 0.1) is 6.54 Å². The summed E-state index contributed by atoms with van der Waals surface area (Å²) in [6.45, 7) is 0.0952. The molecule has 0 spiro atoms. The first-order chi connectivity index (χ1) is 10.3. The summed E-state index contributed by atoms with van der Waals surface area (Å²) in [5, 5.41) is 3.49. The van der Waals surface area contributed by atoms with Crippen molar-refractivity contribution in [2.75, 3.05) is 12.3 Å². The zero-order valence-corrected chi connectivity index (χ0v) is 13.7. The lowest BCUT2D eigenvalue weighted by atomic mass is 10.1. The van der Waals surface area contributed by atoms with Gasteiger partial charge in [-0.2, -0.15) is 0 Å². The Kier molecular flexibility index (Phi) is 7.16. The van der Waals surface area contributed by atoms with Crippen LogP contribution in [0.1, 0.15) is 42.5 Å². The number of rotatable bonds is 8. The van der Waals surface area contributed by atoms with E-state index in [2.05, 4.69) is 5.32 Å². The molecule has 1 amide bonds. The SMILES string of the molecule is O=C(CCCC[C@@H]1CCSS1)NCC(=O)c1ccccc1. The molecule has 1 aromatic rings. The van der Waals surface area contributed by atoms with Crippen LogP contribution in [0.5, 0.6) is 0 Å². The van der Waals surface area contributed by atoms with Gasteiger partial charge in [-0.05, 0) is 19.3 Å². The number of ketones is 1. The molecule has 1 aliphatic rings. The Labute approximate surface area is 134 Å². The molecule has 0 unspecified atom stereocenters. The van der Waals surface area contributed by atoms with Crippen LogP contribution in [-0.4, -0.2) is 29.2 Å². The van der Waals surface area contributed by atoms with E-state index in [1.165, 1.54) is 18.6 Å². The first-order valence-electron chi connectivity index (χ1n) is 7.39. The molecule has 5 heteroatoms. The van der Waals surface area contributed by atoms with Gasteiger partial charge >= 0.3 is 0 Å². The van der Waals surface area contributed by atoms with E-state index in [1.54, 1.807) is 12.1 Å². The van der Waals surface area contributed by atoms with Crippen LogP contribution in [0, 0.1) is 0 Å². The molecule has 0 aromatic heterocycles. The average molecular weight is 323 g/mol. The Bertz CT molecular complexity index is 459. The molecule has 1 aromatic carbocycles. The molecule has 21 heavy (non-hydrogen) atoms. The Morgan fingerprint density at radius 3 is 2.71 bits per heavy atom. The number of nitrogens with one attached hydrogen (secondary N) is 1. The molecule has 114 valence electrons. The maximum absolute atomic E-state index is 11.8. The van der Waals surface area contributed by atoms with E-state index in [9.17, 15) is 9.59 Å². The van der Waals surface area contributed by atoms with Crippen LogP contribution in [0.3, 0.4) is 0 Å². The minimum atomic E-state index is -0.0386. The highest BCUT2D eigenvalue weighted by molar-refractivity contribution is 8.77. The largest absolute Gasteiger partial charge is 0.349 e. The van der Waals surface area contributed by atoms with Gasteiger partial charge in [0.1, 0.15) is 0 Å². The van der Waals surface area contributed by atoms with Crippen molar-refractivity contribution in [3.05, 3.63) is 35.9 Å². The Balaban J connectivity index is 1.56. The molecule has 3 nitrogen and oxygen atoms in total. The molecule has 0 saturated carbocycles. The summed E-state index contributed by atoms with van der Waals surface area (Å²) in [4.78, 5) is 23.5. The quantitative estimate of drug-likeness (QED) is 0.450. The molecular weight excluding hydrogens is 302 g/mol. The summed E-state index contributed by atoms with van der Waals surface area (Å²) in [5.74, 6) is 1.20. The van der Waals surface area contributed by atoms with Crippen molar-refractivity contribution in [3.8, 4) is 0 Å². The molecule has 1 aliphatic heterocycles. The van der Waals surface area contributed by atoms with Crippen molar-refractivity contribution in [2.24, 2.45) is 0 Å². The second kappa shape index (κ2) is 9.15. The van der Waals surface area contributed by atoms with E-state index in [4.69, 9.17) is 0 Å². The predicted molar refractivity (Wildman–Crippen MR) is 90.7 cm³/mol. The van der Waals surface area contributed by atoms with Crippen LogP contribution in [0.15, 0.2) is 30.3 Å². The summed E-state index contributed by atoms with van der Waals surface area (Å²) in [6, 6.07) is 9.07. The van der Waals surface area contributed by atoms with Gasteiger partial charge < -0.3 is 5.32 Å². The van der Waals surface area contributed by atoms with Gasteiger partial charge in [0.2, 0.25) is 5.91 Å². The van der Waals surface area contributed by atoms with Crippen molar-refractivity contribution in [2.45, 2.75) is 37.4 Å². The molecule has 0 bridgehead atoms. The fourth-order valence-corrected chi connectivity index (χ4v) is 5.24. The predicted octanol–water partition coefficient (Wildman–Crippen LogP) is 3.70. The Morgan fingerprint density at radius 2 is 2.00 bits per heavy atom. The molecule has 1 fully saturated rings. The highest BCUT2D eigenvalue weighted by Crippen LogP contribution is 2.39. The van der Waals surface area contributed by atoms with Crippen molar-refractivity contribution < 1.29 is 9.59 Å². The fraction of sp³-hybridized carbons (Fsp3) is 0.500. The van der Waals surface area contributed by atoms with Crippen molar-refractivity contribution >= 4 is 33.3 Å². The lowest BCUT2D eigenvalue weighted by Gasteiger charge is -2.07. The van der Waals surface area contributed by atoms with Gasteiger partial charge in [-0.3, -0.25) is 9.59 Å². The van der Waals surface area contributed by atoms with Crippen LogP contribution in [0.2, 0.25) is 0 Å². The monoisotopic (exact) mass is 323 g/mol. The van der Waals surface area contributed by atoms with E-state index in [1.807, 2.05) is 39.8 Å². The zero-order valence-electron chi connectivity index (χ0n) is 12.0. The number of carbonyl (C=O) groups is 2. The molecule has 1 atom stereocenters. The number of Topliss-reactive ketones (excluding diaryl/α,β-unsaturated/α-hetero) is 1. The third kappa shape index (κ3) is 6.14. The Hall–Kier alpha value is -0.940. The number of benzene rings is 1. The number of amides is 1. The lowest BCUT2D eigenvalue weighted by Crippen LogP contribution is -2.29. The molecule has 0 radical (unpaired) electrons. The van der Waals surface area contributed by atoms with Gasteiger partial charge in [-0.15, -0.1) is 0 Å². The van der Waals surface area contributed by atoms with Gasteiger partial charge in [-0.25, -0.2) is 0 Å². The summed E-state index contributed by atoms with van der Waals surface area (Å²) in [7, 11) is 3.94. The van der Waals surface area contributed by atoms with Crippen LogP contribution < -0.4 is 5.32 Å². The average Bonchev–Trinajstić information content (AvgIpc) is 3.03. The summed E-state index contributed by atoms with van der Waals surface area (Å²) >= 11 is 0. The van der Waals surface area contributed by atoms with Crippen molar-refractivity contribution in [3.63, 3.8) is 0 Å². The minimum absolute atomic E-state index is 0.0206. The van der Waals surface area contributed by atoms with E-state index in [0.717, 1.165) is 18.1 Å². The third-order valence-corrected chi connectivity index (χ3v) is 6.46. The smallest absolute Gasteiger partial charge is 0.220 e. The highest BCUT2D eigenvalue weighted by atomic mass is 33.1. The number of hydrogen-bond donors (Lipinski definition) is 1. The highest BCUT2D eigenvalue weighted by Gasteiger charge is 2.15. The molecule has 2 rings (SSSR count). The minimum Gasteiger partial charge on any atom is -0.349 e. The van der Waals surface area contributed by atoms with Gasteiger partial charge in [-0.1, -0.05) is 58.3 Å². The summed E-state index contributed by atoms with van der Waals surface area (Å²) in [6.07, 6.45) is 5.03.